The van der Waals surface area contributed by atoms with Crippen LogP contribution >= 0.6 is 0 Å². The van der Waals surface area contributed by atoms with Gasteiger partial charge in [0.25, 0.3) is 0 Å². The second kappa shape index (κ2) is 4.95. The van der Waals surface area contributed by atoms with E-state index in [-0.39, 0.29) is 5.54 Å². The Hall–Kier alpha value is -0.240. The topological polar surface area (TPSA) is 102 Å². The van der Waals surface area contributed by atoms with E-state index < -0.39 is 37.3 Å². The van der Waals surface area contributed by atoms with Crippen LogP contribution in [-0.2, 0) is 4.74 Å². The molecule has 0 aromatic heterocycles. The maximum absolute atomic E-state index is 9.81. The van der Waals surface area contributed by atoms with Gasteiger partial charge in [-0.3, -0.25) is 0 Å². The zero-order chi connectivity index (χ0) is 12.5. The van der Waals surface area contributed by atoms with E-state index in [4.69, 9.17) is 9.84 Å². The lowest BCUT2D eigenvalue weighted by molar-refractivity contribution is -0.256. The lowest BCUT2D eigenvalue weighted by atomic mass is 9.94. The van der Waals surface area contributed by atoms with Crippen LogP contribution in [0.15, 0.2) is 0 Å². The molecule has 1 aliphatic heterocycles. The summed E-state index contributed by atoms with van der Waals surface area (Å²) >= 11 is 0. The molecule has 0 aromatic carbocycles. The van der Waals surface area contributed by atoms with E-state index in [9.17, 15) is 15.3 Å². The molecule has 0 amide bonds. The van der Waals surface area contributed by atoms with E-state index in [1.807, 2.05) is 20.8 Å². The predicted octanol–water partition coefficient (Wildman–Crippen LogP) is -1.83. The molecule has 96 valence electrons. The van der Waals surface area contributed by atoms with Gasteiger partial charge in [0, 0.05) is 5.54 Å². The molecule has 6 nitrogen and oxygen atoms in total. The van der Waals surface area contributed by atoms with Crippen molar-refractivity contribution in [1.29, 1.82) is 0 Å². The fourth-order valence-corrected chi connectivity index (χ4v) is 1.75. The SMILES string of the molecule is CC(C)(C)NC1[C@@H](O)[C@H](O)C(CO)O[C@@H]1O. The van der Waals surface area contributed by atoms with Crippen LogP contribution in [0.1, 0.15) is 20.8 Å². The first-order chi connectivity index (χ1) is 7.26. The number of ether oxygens (including phenoxy) is 1. The molecule has 1 saturated heterocycles. The Kier molecular flexibility index (Phi) is 4.28. The Labute approximate surface area is 94.9 Å². The molecule has 6 heteroatoms. The van der Waals surface area contributed by atoms with Gasteiger partial charge >= 0.3 is 0 Å². The van der Waals surface area contributed by atoms with Crippen LogP contribution in [0.4, 0.5) is 0 Å². The third-order valence-electron chi connectivity index (χ3n) is 2.50. The Bertz CT molecular complexity index is 230. The van der Waals surface area contributed by atoms with Crippen LogP contribution in [0.5, 0.6) is 0 Å². The van der Waals surface area contributed by atoms with Crippen LogP contribution in [0.3, 0.4) is 0 Å². The summed E-state index contributed by atoms with van der Waals surface area (Å²) in [6.07, 6.45) is -4.61. The average molecular weight is 235 g/mol. The third-order valence-corrected chi connectivity index (χ3v) is 2.50. The van der Waals surface area contributed by atoms with Crippen LogP contribution in [-0.4, -0.2) is 63.2 Å². The van der Waals surface area contributed by atoms with E-state index in [1.165, 1.54) is 0 Å². The molecule has 5 atom stereocenters. The van der Waals surface area contributed by atoms with E-state index in [2.05, 4.69) is 5.32 Å². The van der Waals surface area contributed by atoms with Crippen molar-refractivity contribution in [3.63, 3.8) is 0 Å². The van der Waals surface area contributed by atoms with Crippen molar-refractivity contribution in [2.45, 2.75) is 57.0 Å². The van der Waals surface area contributed by atoms with E-state index in [0.29, 0.717) is 0 Å². The Morgan fingerprint density at radius 2 is 1.69 bits per heavy atom. The highest BCUT2D eigenvalue weighted by Crippen LogP contribution is 2.21. The molecule has 0 aliphatic carbocycles. The van der Waals surface area contributed by atoms with Crippen LogP contribution < -0.4 is 5.32 Å². The number of rotatable bonds is 2. The van der Waals surface area contributed by atoms with Gasteiger partial charge in [0.05, 0.1) is 12.6 Å². The molecule has 0 spiro atoms. The highest BCUT2D eigenvalue weighted by atomic mass is 16.6. The second-order valence-corrected chi connectivity index (χ2v) is 5.15. The monoisotopic (exact) mass is 235 g/mol. The highest BCUT2D eigenvalue weighted by molar-refractivity contribution is 4.95. The van der Waals surface area contributed by atoms with Crippen molar-refractivity contribution in [3.05, 3.63) is 0 Å². The second-order valence-electron chi connectivity index (χ2n) is 5.15. The zero-order valence-corrected chi connectivity index (χ0v) is 9.79. The summed E-state index contributed by atoms with van der Waals surface area (Å²) in [4.78, 5) is 0. The minimum atomic E-state index is -1.25. The first-order valence-electron chi connectivity index (χ1n) is 5.34. The van der Waals surface area contributed by atoms with Gasteiger partial charge < -0.3 is 30.5 Å². The van der Waals surface area contributed by atoms with Gasteiger partial charge in [0.2, 0.25) is 0 Å². The maximum Gasteiger partial charge on any atom is 0.173 e. The number of aliphatic hydroxyl groups excluding tert-OH is 4. The van der Waals surface area contributed by atoms with E-state index in [0.717, 1.165) is 0 Å². The molecule has 0 aromatic rings. The number of aliphatic hydroxyl groups is 4. The molecular weight excluding hydrogens is 214 g/mol. The fourth-order valence-electron chi connectivity index (χ4n) is 1.75. The normalized spacial score (nSPS) is 41.1. The smallest absolute Gasteiger partial charge is 0.173 e. The molecule has 1 rings (SSSR count). The van der Waals surface area contributed by atoms with Crippen molar-refractivity contribution in [2.75, 3.05) is 6.61 Å². The summed E-state index contributed by atoms with van der Waals surface area (Å²) in [6, 6.07) is -0.780. The van der Waals surface area contributed by atoms with Crippen molar-refractivity contribution < 1.29 is 25.2 Å². The van der Waals surface area contributed by atoms with Crippen molar-refractivity contribution in [1.82, 2.24) is 5.32 Å². The Morgan fingerprint density at radius 1 is 1.12 bits per heavy atom. The minimum absolute atomic E-state index is 0.332. The summed E-state index contributed by atoms with van der Waals surface area (Å²) in [5.74, 6) is 0. The van der Waals surface area contributed by atoms with Crippen molar-refractivity contribution in [2.24, 2.45) is 0 Å². The van der Waals surface area contributed by atoms with Gasteiger partial charge in [-0.2, -0.15) is 0 Å². The number of hydrogen-bond donors (Lipinski definition) is 5. The van der Waals surface area contributed by atoms with Crippen molar-refractivity contribution in [3.8, 4) is 0 Å². The fraction of sp³-hybridized carbons (Fsp3) is 1.00. The van der Waals surface area contributed by atoms with E-state index in [1.54, 1.807) is 0 Å². The van der Waals surface area contributed by atoms with Crippen LogP contribution in [0.25, 0.3) is 0 Å². The zero-order valence-electron chi connectivity index (χ0n) is 9.79. The van der Waals surface area contributed by atoms with Gasteiger partial charge in [-0.25, -0.2) is 0 Å². The predicted molar refractivity (Wildman–Crippen MR) is 56.7 cm³/mol. The Morgan fingerprint density at radius 3 is 2.12 bits per heavy atom. The maximum atomic E-state index is 9.81. The van der Waals surface area contributed by atoms with Gasteiger partial charge in [0.15, 0.2) is 6.29 Å². The third kappa shape index (κ3) is 3.13. The lowest BCUT2D eigenvalue weighted by Crippen LogP contribution is -2.65. The molecule has 1 fully saturated rings. The summed E-state index contributed by atoms with van der Waals surface area (Å²) in [6.45, 7) is 5.17. The molecular formula is C10H21NO5. The quantitative estimate of drug-likeness (QED) is 0.386. The summed E-state index contributed by atoms with van der Waals surface area (Å²) in [5, 5.41) is 41.0. The van der Waals surface area contributed by atoms with Crippen LogP contribution in [0.2, 0.25) is 0 Å². The lowest BCUT2D eigenvalue weighted by Gasteiger charge is -2.43. The minimum Gasteiger partial charge on any atom is -0.394 e. The molecule has 0 radical (unpaired) electrons. The molecule has 0 bridgehead atoms. The van der Waals surface area contributed by atoms with E-state index >= 15 is 0 Å². The first kappa shape index (κ1) is 13.8. The number of nitrogens with one attached hydrogen (secondary N) is 1. The molecule has 2 unspecified atom stereocenters. The van der Waals surface area contributed by atoms with Gasteiger partial charge in [-0.05, 0) is 20.8 Å². The van der Waals surface area contributed by atoms with Crippen LogP contribution in [0, 0.1) is 0 Å². The van der Waals surface area contributed by atoms with Gasteiger partial charge in [0.1, 0.15) is 18.3 Å². The van der Waals surface area contributed by atoms with Crippen molar-refractivity contribution >= 4 is 0 Å². The number of hydrogen-bond acceptors (Lipinski definition) is 6. The summed E-state index contributed by atoms with van der Waals surface area (Å²) in [7, 11) is 0. The molecule has 1 aliphatic rings. The first-order valence-corrected chi connectivity index (χ1v) is 5.34. The average Bonchev–Trinajstić information content (AvgIpc) is 2.17. The molecule has 1 heterocycles. The standard InChI is InChI=1S/C10H21NO5/c1-10(2,3)11-6-8(14)7(13)5(4-12)16-9(6)15/h5-9,11-15H,4H2,1-3H3/t5?,6?,7-,8-,9+/m1/s1. The molecule has 16 heavy (non-hydrogen) atoms. The summed E-state index contributed by atoms with van der Waals surface area (Å²) in [5.41, 5.74) is -0.332. The molecule has 0 saturated carbocycles. The van der Waals surface area contributed by atoms with Gasteiger partial charge in [-0.15, -0.1) is 0 Å². The summed E-state index contributed by atoms with van der Waals surface area (Å²) < 4.78 is 5.01. The van der Waals surface area contributed by atoms with Gasteiger partial charge in [-0.1, -0.05) is 0 Å². The molecule has 5 N–H and O–H groups in total. The largest absolute Gasteiger partial charge is 0.394 e. The Balaban J connectivity index is 2.72. The highest BCUT2D eigenvalue weighted by Gasteiger charge is 2.44.